The van der Waals surface area contributed by atoms with E-state index in [0.717, 1.165) is 30.1 Å². The molecule has 0 spiro atoms. The Kier molecular flexibility index (Phi) is 11.8. The van der Waals surface area contributed by atoms with Crippen molar-refractivity contribution in [3.8, 4) is 0 Å². The third-order valence-corrected chi connectivity index (χ3v) is 15.9. The number of ether oxygens (including phenoxy) is 1. The minimum absolute atomic E-state index is 0. The number of carbonyl (C=O) groups is 2. The standard InChI is InChI=1S/C34H56O2S.C4H6O2.K.H/c1-20(2)29(35)36-26-19-27(37)30(5,6)24-14-16-33(9)25(34(24,26)10)12-11-23-28-22(4)21(3)13-15-31(28,7)17-18-32(23,33)8;1-3(2)4(5)6;;/h21-28,37H,1,11-19H2,2-10H3;1H2,2H3,(H,5,6);;/t21-,22+,23-,24+,25+,26?,27?,28+,31-,32-,33-,34+;;;/m1.../s1. The fraction of sp³-hybridized carbons (Fsp3) is 0.842. The Bertz CT molecular complexity index is 1140. The number of thiol groups is 1. The molecule has 246 valence electrons. The molecule has 0 aromatic rings. The molecule has 0 radical (unpaired) electrons. The zero-order valence-corrected chi connectivity index (χ0v) is 29.9. The van der Waals surface area contributed by atoms with Crippen LogP contribution in [0.5, 0.6) is 0 Å². The maximum absolute atomic E-state index is 12.9. The fourth-order valence-corrected chi connectivity index (χ4v) is 12.4. The van der Waals surface area contributed by atoms with Crippen LogP contribution in [0, 0.1) is 62.6 Å². The van der Waals surface area contributed by atoms with Crippen LogP contribution < -0.4 is 0 Å². The number of carbonyl (C=O) groups excluding carboxylic acids is 1. The first kappa shape index (κ1) is 38.9. The van der Waals surface area contributed by atoms with Gasteiger partial charge >= 0.3 is 63.3 Å². The Morgan fingerprint density at radius 3 is 1.95 bits per heavy atom. The number of hydrogen-bond donors (Lipinski definition) is 2. The van der Waals surface area contributed by atoms with E-state index in [2.05, 4.69) is 68.5 Å². The van der Waals surface area contributed by atoms with Crippen molar-refractivity contribution in [3.63, 3.8) is 0 Å². The Hall–Kier alpha value is 0.406. The average Bonchev–Trinajstić information content (AvgIpc) is 2.90. The quantitative estimate of drug-likeness (QED) is 0.138. The second kappa shape index (κ2) is 13.4. The van der Waals surface area contributed by atoms with Crippen LogP contribution >= 0.6 is 12.6 Å². The monoisotopic (exact) mass is 654 g/mol. The molecule has 0 bridgehead atoms. The Balaban J connectivity index is 0.000000689. The predicted octanol–water partition coefficient (Wildman–Crippen LogP) is 9.14. The van der Waals surface area contributed by atoms with E-state index in [9.17, 15) is 9.59 Å². The number of esters is 1. The molecule has 5 rings (SSSR count). The van der Waals surface area contributed by atoms with Crippen LogP contribution in [0.15, 0.2) is 24.3 Å². The average molecular weight is 655 g/mol. The number of fused-ring (bicyclic) bond motifs is 7. The van der Waals surface area contributed by atoms with Crippen LogP contribution in [-0.2, 0) is 14.3 Å². The molecular formula is C38H63KO4S. The number of carboxylic acid groups (broad SMARTS) is 1. The van der Waals surface area contributed by atoms with Crippen molar-refractivity contribution in [1.29, 1.82) is 0 Å². The maximum atomic E-state index is 12.9. The van der Waals surface area contributed by atoms with Gasteiger partial charge in [0.2, 0.25) is 0 Å². The molecule has 5 saturated carbocycles. The zero-order chi connectivity index (χ0) is 32.5. The first-order valence-corrected chi connectivity index (χ1v) is 17.6. The van der Waals surface area contributed by atoms with Gasteiger partial charge in [0.25, 0.3) is 0 Å². The fourth-order valence-electron chi connectivity index (χ4n) is 12.0. The molecule has 5 aliphatic carbocycles. The molecule has 5 fully saturated rings. The van der Waals surface area contributed by atoms with Crippen LogP contribution in [0.2, 0.25) is 0 Å². The van der Waals surface area contributed by atoms with E-state index < -0.39 is 5.97 Å². The van der Waals surface area contributed by atoms with Crippen LogP contribution in [0.3, 0.4) is 0 Å². The van der Waals surface area contributed by atoms with E-state index in [4.69, 9.17) is 22.5 Å². The summed E-state index contributed by atoms with van der Waals surface area (Å²) in [5.74, 6) is 3.26. The predicted molar refractivity (Wildman–Crippen MR) is 187 cm³/mol. The Morgan fingerprint density at radius 2 is 1.41 bits per heavy atom. The summed E-state index contributed by atoms with van der Waals surface area (Å²) < 4.78 is 6.40. The van der Waals surface area contributed by atoms with Gasteiger partial charge in [0.1, 0.15) is 6.10 Å². The number of hydrogen-bond acceptors (Lipinski definition) is 4. The molecule has 6 heteroatoms. The Labute approximate surface area is 317 Å². The van der Waals surface area contributed by atoms with E-state index in [-0.39, 0.29) is 90.5 Å². The van der Waals surface area contributed by atoms with Crippen molar-refractivity contribution in [2.75, 3.05) is 0 Å². The van der Waals surface area contributed by atoms with Crippen LogP contribution in [-0.4, -0.2) is 79.8 Å². The van der Waals surface area contributed by atoms with Gasteiger partial charge in [0, 0.05) is 21.8 Å². The molecule has 2 unspecified atom stereocenters. The van der Waals surface area contributed by atoms with E-state index in [1.54, 1.807) is 6.92 Å². The molecule has 4 nitrogen and oxygen atoms in total. The summed E-state index contributed by atoms with van der Waals surface area (Å²) in [4.78, 5) is 22.5. The van der Waals surface area contributed by atoms with Gasteiger partial charge in [-0.3, -0.25) is 0 Å². The Morgan fingerprint density at radius 1 is 0.818 bits per heavy atom. The summed E-state index contributed by atoms with van der Waals surface area (Å²) in [6.45, 7) is 30.9. The molecule has 0 heterocycles. The van der Waals surface area contributed by atoms with Gasteiger partial charge in [0.05, 0.1) is 0 Å². The van der Waals surface area contributed by atoms with E-state index in [1.807, 2.05) is 0 Å². The molecule has 0 aliphatic heterocycles. The van der Waals surface area contributed by atoms with E-state index >= 15 is 0 Å². The third-order valence-electron chi connectivity index (χ3n) is 15.1. The first-order chi connectivity index (χ1) is 19.7. The second-order valence-corrected chi connectivity index (χ2v) is 18.0. The minimum atomic E-state index is -0.935. The van der Waals surface area contributed by atoms with Gasteiger partial charge in [-0.25, -0.2) is 9.59 Å². The summed E-state index contributed by atoms with van der Waals surface area (Å²) in [5, 5.41) is 8.13. The molecule has 44 heavy (non-hydrogen) atoms. The molecule has 1 N–H and O–H groups in total. The van der Waals surface area contributed by atoms with Crippen molar-refractivity contribution < 1.29 is 19.4 Å². The molecule has 0 aromatic heterocycles. The SMILES string of the molecule is C=C(C)C(=O)O.C=C(C)C(=O)OC1CC(S)C(C)(C)[C@@H]2CC[C@]3(C)[C@H](CC[C@@H]4[C@@H]5[C@@H](C)[C@H](C)CC[C@]5(C)CC[C@]43C)[C@@]12C.[KH]. The summed E-state index contributed by atoms with van der Waals surface area (Å²) in [6.07, 6.45) is 11.5. The molecule has 5 aliphatic rings. The number of rotatable bonds is 3. The summed E-state index contributed by atoms with van der Waals surface area (Å²) in [7, 11) is 0. The van der Waals surface area contributed by atoms with Gasteiger partial charge in [-0.05, 0) is 129 Å². The van der Waals surface area contributed by atoms with Gasteiger partial charge in [-0.1, -0.05) is 68.5 Å². The van der Waals surface area contributed by atoms with Crippen LogP contribution in [0.4, 0.5) is 0 Å². The van der Waals surface area contributed by atoms with E-state index in [1.165, 1.54) is 58.3 Å². The van der Waals surface area contributed by atoms with Crippen LogP contribution in [0.25, 0.3) is 0 Å². The molecular weight excluding hydrogens is 592 g/mol. The summed E-state index contributed by atoms with van der Waals surface area (Å²) in [6, 6.07) is 0. The van der Waals surface area contributed by atoms with Crippen molar-refractivity contribution in [2.45, 2.75) is 138 Å². The summed E-state index contributed by atoms with van der Waals surface area (Å²) in [5.41, 5.74) is 1.94. The number of carboxylic acids is 1. The first-order valence-electron chi connectivity index (χ1n) is 17.1. The zero-order valence-electron chi connectivity index (χ0n) is 29.0. The molecule has 0 aromatic carbocycles. The topological polar surface area (TPSA) is 63.6 Å². The molecule has 0 saturated heterocycles. The number of aliphatic carboxylic acids is 1. The van der Waals surface area contributed by atoms with Crippen molar-refractivity contribution >= 4 is 76.0 Å². The van der Waals surface area contributed by atoms with Crippen molar-refractivity contribution in [3.05, 3.63) is 24.3 Å². The van der Waals surface area contributed by atoms with Crippen molar-refractivity contribution in [2.24, 2.45) is 62.6 Å². The van der Waals surface area contributed by atoms with E-state index in [0.29, 0.717) is 28.2 Å². The third kappa shape index (κ3) is 6.07. The van der Waals surface area contributed by atoms with Gasteiger partial charge < -0.3 is 9.84 Å². The molecule has 12 atom stereocenters. The summed E-state index contributed by atoms with van der Waals surface area (Å²) >= 11 is 5.12. The molecule has 0 amide bonds. The van der Waals surface area contributed by atoms with Gasteiger partial charge in [-0.15, -0.1) is 0 Å². The van der Waals surface area contributed by atoms with Gasteiger partial charge in [0.15, 0.2) is 0 Å². The normalized spacial score (nSPS) is 47.0. The van der Waals surface area contributed by atoms with Crippen molar-refractivity contribution in [1.82, 2.24) is 0 Å². The second-order valence-electron chi connectivity index (χ2n) is 17.4. The van der Waals surface area contributed by atoms with Crippen LogP contribution in [0.1, 0.15) is 127 Å². The van der Waals surface area contributed by atoms with Gasteiger partial charge in [-0.2, -0.15) is 12.6 Å².